The Morgan fingerprint density at radius 1 is 0.827 bits per heavy atom. The molecule has 0 aromatic heterocycles. The molecule has 0 bridgehead atoms. The molecule has 2 saturated heterocycles. The number of benzene rings is 3. The van der Waals surface area contributed by atoms with E-state index in [4.69, 9.17) is 25.8 Å². The first kappa shape index (κ1) is 37.9. The Balaban J connectivity index is 1.16. The van der Waals surface area contributed by atoms with E-state index >= 15 is 0 Å². The van der Waals surface area contributed by atoms with Crippen molar-refractivity contribution >= 4 is 33.6 Å². The molecule has 1 N–H and O–H groups in total. The van der Waals surface area contributed by atoms with E-state index in [2.05, 4.69) is 5.32 Å². The summed E-state index contributed by atoms with van der Waals surface area (Å²) in [6.07, 6.45) is 6.22. The average molecular weight is 752 g/mol. The van der Waals surface area contributed by atoms with Gasteiger partial charge in [-0.1, -0.05) is 55.1 Å². The number of nitrogens with zero attached hydrogens (tertiary/aromatic N) is 2. The van der Waals surface area contributed by atoms with Crippen LogP contribution in [0.15, 0.2) is 77.7 Å². The van der Waals surface area contributed by atoms with E-state index in [9.17, 15) is 18.0 Å². The van der Waals surface area contributed by atoms with Crippen LogP contribution in [0.2, 0.25) is 5.02 Å². The van der Waals surface area contributed by atoms with Crippen molar-refractivity contribution in [2.45, 2.75) is 101 Å². The quantitative estimate of drug-likeness (QED) is 0.226. The fraction of sp³-hybridized carbons (Fsp3) is 0.500. The zero-order valence-corrected chi connectivity index (χ0v) is 31.8. The zero-order valence-electron chi connectivity index (χ0n) is 30.3. The number of sulfonamides is 1. The number of ether oxygens (including phenoxy) is 3. The predicted molar refractivity (Wildman–Crippen MR) is 201 cm³/mol. The number of amides is 2. The number of likely N-dealkylation sites (tertiary alicyclic amines) is 1. The third-order valence-electron chi connectivity index (χ3n) is 9.99. The van der Waals surface area contributed by atoms with Gasteiger partial charge in [0.2, 0.25) is 15.9 Å². The van der Waals surface area contributed by atoms with Gasteiger partial charge in [-0.15, -0.1) is 0 Å². The first-order valence-corrected chi connectivity index (χ1v) is 20.2. The third-order valence-corrected chi connectivity index (χ3v) is 12.2. The van der Waals surface area contributed by atoms with Crippen molar-refractivity contribution in [2.24, 2.45) is 5.92 Å². The Morgan fingerprint density at radius 3 is 2.12 bits per heavy atom. The number of piperidine rings is 1. The van der Waals surface area contributed by atoms with Gasteiger partial charge in [-0.25, -0.2) is 13.2 Å². The van der Waals surface area contributed by atoms with Gasteiger partial charge in [0, 0.05) is 31.1 Å². The summed E-state index contributed by atoms with van der Waals surface area (Å²) in [6.45, 7) is 6.75. The van der Waals surface area contributed by atoms with Crippen LogP contribution >= 0.6 is 11.6 Å². The minimum Gasteiger partial charge on any atom is -0.493 e. The molecule has 2 aliphatic heterocycles. The fourth-order valence-corrected chi connectivity index (χ4v) is 9.00. The Labute approximate surface area is 312 Å². The minimum absolute atomic E-state index is 0.110. The van der Waals surface area contributed by atoms with Crippen molar-refractivity contribution in [3.8, 4) is 22.6 Å². The molecule has 3 aromatic carbocycles. The van der Waals surface area contributed by atoms with Crippen LogP contribution in [0, 0.1) is 5.92 Å². The second-order valence-corrected chi connectivity index (χ2v) is 17.5. The SMILES string of the molecule is CC(C)(C)OC(=O)N[C@H]1CCN(C(=O)[C@@H]2C[C@@H](Oc3ccc(-c4ccc(Cl)cc4)cc3)CCN2S(=O)(=O)c2ccc(OCC3CCCCC3)cc2)C1. The van der Waals surface area contributed by atoms with E-state index in [1.54, 1.807) is 49.9 Å². The van der Waals surface area contributed by atoms with Crippen LogP contribution in [0.3, 0.4) is 0 Å². The van der Waals surface area contributed by atoms with Gasteiger partial charge >= 0.3 is 6.09 Å². The van der Waals surface area contributed by atoms with E-state index in [-0.39, 0.29) is 36.4 Å². The maximum Gasteiger partial charge on any atom is 0.407 e. The van der Waals surface area contributed by atoms with Crippen LogP contribution in [0.5, 0.6) is 11.5 Å². The fourth-order valence-electron chi connectivity index (χ4n) is 7.27. The van der Waals surface area contributed by atoms with Crippen molar-refractivity contribution in [3.05, 3.63) is 77.8 Å². The third kappa shape index (κ3) is 9.79. The Morgan fingerprint density at radius 2 is 1.46 bits per heavy atom. The maximum absolute atomic E-state index is 14.3. The molecule has 3 fully saturated rings. The van der Waals surface area contributed by atoms with Crippen molar-refractivity contribution in [1.82, 2.24) is 14.5 Å². The van der Waals surface area contributed by atoms with E-state index in [0.29, 0.717) is 48.4 Å². The Bertz CT molecular complexity index is 1770. The van der Waals surface area contributed by atoms with Gasteiger partial charge in [-0.3, -0.25) is 4.79 Å². The van der Waals surface area contributed by atoms with Gasteiger partial charge in [0.25, 0.3) is 0 Å². The number of hydrogen-bond acceptors (Lipinski definition) is 7. The van der Waals surface area contributed by atoms with Gasteiger partial charge in [0.05, 0.1) is 17.5 Å². The second kappa shape index (κ2) is 16.5. The second-order valence-electron chi connectivity index (χ2n) is 15.1. The van der Waals surface area contributed by atoms with Crippen molar-refractivity contribution in [3.63, 3.8) is 0 Å². The molecule has 1 saturated carbocycles. The van der Waals surface area contributed by atoms with Gasteiger partial charge in [0.1, 0.15) is 29.2 Å². The highest BCUT2D eigenvalue weighted by atomic mass is 35.5. The summed E-state index contributed by atoms with van der Waals surface area (Å²) >= 11 is 6.06. The lowest BCUT2D eigenvalue weighted by Gasteiger charge is -2.39. The number of alkyl carbamates (subject to hydrolysis) is 1. The monoisotopic (exact) mass is 751 g/mol. The molecule has 0 radical (unpaired) electrons. The van der Waals surface area contributed by atoms with Gasteiger partial charge in [-0.05, 0) is 112 Å². The number of carbonyl (C=O) groups is 2. The zero-order chi connectivity index (χ0) is 36.9. The van der Waals surface area contributed by atoms with Crippen LogP contribution in [0.4, 0.5) is 4.79 Å². The van der Waals surface area contributed by atoms with E-state index in [1.807, 2.05) is 48.5 Å². The van der Waals surface area contributed by atoms with Crippen LogP contribution in [-0.4, -0.2) is 79.7 Å². The van der Waals surface area contributed by atoms with Crippen LogP contribution < -0.4 is 14.8 Å². The summed E-state index contributed by atoms with van der Waals surface area (Å²) in [7, 11) is -4.05. The van der Waals surface area contributed by atoms with Crippen molar-refractivity contribution in [2.75, 3.05) is 26.2 Å². The molecule has 10 nitrogen and oxygen atoms in total. The molecule has 6 rings (SSSR count). The molecular formula is C40H50ClN3O7S. The first-order valence-electron chi connectivity index (χ1n) is 18.4. The van der Waals surface area contributed by atoms with E-state index < -0.39 is 33.9 Å². The summed E-state index contributed by atoms with van der Waals surface area (Å²) in [6, 6.07) is 20.5. The number of nitrogens with one attached hydrogen (secondary N) is 1. The summed E-state index contributed by atoms with van der Waals surface area (Å²) in [5.41, 5.74) is 1.38. The van der Waals surface area contributed by atoms with Gasteiger partial charge in [-0.2, -0.15) is 4.31 Å². The van der Waals surface area contributed by atoms with E-state index in [0.717, 1.165) is 24.0 Å². The standard InChI is InChI=1S/C40H50ClN3O7S/c1-40(2,3)51-39(46)42-32-21-23-43(26-32)38(45)37-25-35(50-34-15-11-30(12-16-34)29-9-13-31(41)14-10-29)22-24-44(37)52(47,48)36-19-17-33(18-20-36)49-27-28-7-5-4-6-8-28/h9-20,28,32,35,37H,4-8,21-27H2,1-3H3,(H,42,46)/t32-,35-,37-/m0/s1. The lowest BCUT2D eigenvalue weighted by atomic mass is 9.90. The minimum atomic E-state index is -4.05. The highest BCUT2D eigenvalue weighted by Crippen LogP contribution is 2.32. The number of rotatable bonds is 10. The van der Waals surface area contributed by atoms with Crippen LogP contribution in [0.1, 0.15) is 72.1 Å². The van der Waals surface area contributed by atoms with Crippen LogP contribution in [-0.2, 0) is 19.6 Å². The highest BCUT2D eigenvalue weighted by Gasteiger charge is 2.44. The van der Waals surface area contributed by atoms with E-state index in [1.165, 1.54) is 23.6 Å². The summed E-state index contributed by atoms with van der Waals surface area (Å²) in [4.78, 5) is 28.5. The smallest absolute Gasteiger partial charge is 0.407 e. The largest absolute Gasteiger partial charge is 0.493 e. The average Bonchev–Trinajstić information content (AvgIpc) is 3.59. The van der Waals surface area contributed by atoms with Crippen molar-refractivity contribution < 1.29 is 32.2 Å². The van der Waals surface area contributed by atoms with Crippen LogP contribution in [0.25, 0.3) is 11.1 Å². The molecule has 2 amide bonds. The predicted octanol–water partition coefficient (Wildman–Crippen LogP) is 7.69. The molecule has 0 spiro atoms. The molecule has 3 atom stereocenters. The molecule has 12 heteroatoms. The topological polar surface area (TPSA) is 114 Å². The molecule has 3 aromatic rings. The molecule has 280 valence electrons. The summed E-state index contributed by atoms with van der Waals surface area (Å²) < 4.78 is 47.6. The normalized spacial score (nSPS) is 21.8. The lowest BCUT2D eigenvalue weighted by molar-refractivity contribution is -0.136. The number of hydrogen-bond donors (Lipinski definition) is 1. The Hall–Kier alpha value is -3.80. The Kier molecular flexibility index (Phi) is 12.0. The molecular weight excluding hydrogens is 702 g/mol. The maximum atomic E-state index is 14.3. The first-order chi connectivity index (χ1) is 24.8. The molecule has 0 unspecified atom stereocenters. The van der Waals surface area contributed by atoms with Gasteiger partial charge in [0.15, 0.2) is 0 Å². The van der Waals surface area contributed by atoms with Crippen molar-refractivity contribution in [1.29, 1.82) is 0 Å². The molecule has 3 aliphatic rings. The number of halogens is 1. The molecule has 1 aliphatic carbocycles. The number of carbonyl (C=O) groups excluding carboxylic acids is 2. The lowest BCUT2D eigenvalue weighted by Crippen LogP contribution is -2.56. The summed E-state index contributed by atoms with van der Waals surface area (Å²) in [5, 5.41) is 3.52. The highest BCUT2D eigenvalue weighted by molar-refractivity contribution is 7.89. The molecule has 52 heavy (non-hydrogen) atoms. The van der Waals surface area contributed by atoms with Gasteiger partial charge < -0.3 is 24.4 Å². The molecule has 2 heterocycles. The summed E-state index contributed by atoms with van der Waals surface area (Å²) in [5.74, 6) is 1.48.